The van der Waals surface area contributed by atoms with E-state index in [1.165, 1.54) is 25.1 Å². The largest absolute Gasteiger partial charge is 0.619 e. The Morgan fingerprint density at radius 1 is 1.14 bits per heavy atom. The lowest BCUT2D eigenvalue weighted by atomic mass is 10.1. The quantitative estimate of drug-likeness (QED) is 0.379. The van der Waals surface area contributed by atoms with Gasteiger partial charge in [0.15, 0.2) is 29.7 Å². The number of aromatic nitrogens is 4. The molecule has 29 heavy (non-hydrogen) atoms. The van der Waals surface area contributed by atoms with Crippen LogP contribution in [0.1, 0.15) is 48.6 Å². The number of rotatable bonds is 3. The minimum atomic E-state index is -1.01. The van der Waals surface area contributed by atoms with Crippen LogP contribution in [-0.2, 0) is 6.54 Å². The average Bonchev–Trinajstić information content (AvgIpc) is 3.34. The molecule has 5 rings (SSSR count). The molecule has 0 radical (unpaired) electrons. The van der Waals surface area contributed by atoms with Crippen molar-refractivity contribution in [1.29, 1.82) is 0 Å². The van der Waals surface area contributed by atoms with Crippen LogP contribution in [0.15, 0.2) is 36.8 Å². The standard InChI is InChI=1S/C22H20F2N4O/c1-13-8-9-25-22-20(13)26-21(14-4-2-3-5-14)28(22)11-15-10-27(29)12-17-16(15)6-7-18(23)19(17)24/h6-10,12,14H,2-5,11H2,1H3. The molecular formula is C22H20F2N4O. The van der Waals surface area contributed by atoms with Crippen molar-refractivity contribution >= 4 is 21.9 Å². The van der Waals surface area contributed by atoms with Crippen molar-refractivity contribution in [2.45, 2.75) is 45.1 Å². The lowest BCUT2D eigenvalue weighted by Gasteiger charge is -2.14. The normalized spacial score (nSPS) is 15.0. The summed E-state index contributed by atoms with van der Waals surface area (Å²) in [6.07, 6.45) is 8.71. The Labute approximate surface area is 166 Å². The zero-order valence-corrected chi connectivity index (χ0v) is 16.0. The van der Waals surface area contributed by atoms with Gasteiger partial charge in [0, 0.05) is 23.1 Å². The van der Waals surface area contributed by atoms with Crippen molar-refractivity contribution in [2.24, 2.45) is 0 Å². The highest BCUT2D eigenvalue weighted by atomic mass is 19.2. The summed E-state index contributed by atoms with van der Waals surface area (Å²) in [7, 11) is 0. The summed E-state index contributed by atoms with van der Waals surface area (Å²) in [5.41, 5.74) is 3.25. The van der Waals surface area contributed by atoms with E-state index >= 15 is 0 Å². The Kier molecular flexibility index (Phi) is 4.19. The molecule has 0 bridgehead atoms. The van der Waals surface area contributed by atoms with Crippen LogP contribution in [0.3, 0.4) is 0 Å². The molecular weight excluding hydrogens is 374 g/mol. The van der Waals surface area contributed by atoms with E-state index in [-0.39, 0.29) is 5.39 Å². The van der Waals surface area contributed by atoms with Gasteiger partial charge in [-0.3, -0.25) is 0 Å². The maximum atomic E-state index is 14.3. The summed E-state index contributed by atoms with van der Waals surface area (Å²) < 4.78 is 30.6. The summed E-state index contributed by atoms with van der Waals surface area (Å²) in [6, 6.07) is 4.55. The van der Waals surface area contributed by atoms with Crippen LogP contribution in [0.2, 0.25) is 0 Å². The first-order valence-electron chi connectivity index (χ1n) is 9.84. The van der Waals surface area contributed by atoms with Crippen molar-refractivity contribution < 1.29 is 13.5 Å². The van der Waals surface area contributed by atoms with E-state index in [1.54, 1.807) is 6.20 Å². The highest BCUT2D eigenvalue weighted by Crippen LogP contribution is 2.36. The van der Waals surface area contributed by atoms with Crippen LogP contribution in [0.5, 0.6) is 0 Å². The third-order valence-corrected chi connectivity index (χ3v) is 5.93. The van der Waals surface area contributed by atoms with E-state index in [0.717, 1.165) is 47.7 Å². The third-order valence-electron chi connectivity index (χ3n) is 5.93. The number of imidazole rings is 1. The van der Waals surface area contributed by atoms with Crippen LogP contribution < -0.4 is 4.73 Å². The zero-order chi connectivity index (χ0) is 20.1. The second-order valence-corrected chi connectivity index (χ2v) is 7.80. The molecule has 5 nitrogen and oxygen atoms in total. The first kappa shape index (κ1) is 18.0. The molecule has 0 N–H and O–H groups in total. The Bertz CT molecular complexity index is 1250. The van der Waals surface area contributed by atoms with Gasteiger partial charge < -0.3 is 9.77 Å². The highest BCUT2D eigenvalue weighted by molar-refractivity contribution is 5.85. The monoisotopic (exact) mass is 394 g/mol. The molecule has 0 spiro atoms. The number of nitrogens with zero attached hydrogens (tertiary/aromatic N) is 4. The van der Waals surface area contributed by atoms with E-state index in [9.17, 15) is 14.0 Å². The van der Waals surface area contributed by atoms with Gasteiger partial charge in [-0.05, 0) is 37.5 Å². The molecule has 1 aliphatic carbocycles. The lowest BCUT2D eigenvalue weighted by molar-refractivity contribution is -0.604. The SMILES string of the molecule is Cc1ccnc2c1nc(C1CCCC1)n2Cc1c[n+]([O-])cc2c(F)c(F)ccc12. The number of benzene rings is 1. The second-order valence-electron chi connectivity index (χ2n) is 7.80. The highest BCUT2D eigenvalue weighted by Gasteiger charge is 2.26. The van der Waals surface area contributed by atoms with E-state index in [4.69, 9.17) is 4.98 Å². The van der Waals surface area contributed by atoms with E-state index < -0.39 is 11.6 Å². The second kappa shape index (κ2) is 6.76. The summed E-state index contributed by atoms with van der Waals surface area (Å²) >= 11 is 0. The summed E-state index contributed by atoms with van der Waals surface area (Å²) in [5, 5.41) is 12.6. The van der Waals surface area contributed by atoms with Gasteiger partial charge in [0.25, 0.3) is 0 Å². The average molecular weight is 394 g/mol. The summed E-state index contributed by atoms with van der Waals surface area (Å²) in [6.45, 7) is 2.32. The first-order valence-corrected chi connectivity index (χ1v) is 9.84. The van der Waals surface area contributed by atoms with Gasteiger partial charge in [0.2, 0.25) is 0 Å². The lowest BCUT2D eigenvalue weighted by Crippen LogP contribution is -2.26. The molecule has 1 aliphatic rings. The number of hydrogen-bond acceptors (Lipinski definition) is 3. The van der Waals surface area contributed by atoms with E-state index in [0.29, 0.717) is 28.1 Å². The fourth-order valence-corrected chi connectivity index (χ4v) is 4.46. The maximum absolute atomic E-state index is 14.3. The zero-order valence-electron chi connectivity index (χ0n) is 16.0. The number of fused-ring (bicyclic) bond motifs is 2. The Balaban J connectivity index is 1.72. The maximum Gasteiger partial charge on any atom is 0.191 e. The van der Waals surface area contributed by atoms with Crippen LogP contribution in [-0.4, -0.2) is 14.5 Å². The topological polar surface area (TPSA) is 57.7 Å². The molecule has 0 saturated heterocycles. The van der Waals surface area contributed by atoms with Gasteiger partial charge in [-0.15, -0.1) is 0 Å². The predicted octanol–water partition coefficient (Wildman–Crippen LogP) is 4.51. The Morgan fingerprint density at radius 2 is 1.93 bits per heavy atom. The molecule has 3 aromatic heterocycles. The van der Waals surface area contributed by atoms with Gasteiger partial charge in [-0.25, -0.2) is 18.7 Å². The smallest absolute Gasteiger partial charge is 0.191 e. The van der Waals surface area contributed by atoms with Gasteiger partial charge in [-0.1, -0.05) is 18.9 Å². The molecule has 4 aromatic rings. The molecule has 0 unspecified atom stereocenters. The molecule has 0 aliphatic heterocycles. The third kappa shape index (κ3) is 2.92. The summed E-state index contributed by atoms with van der Waals surface area (Å²) in [4.78, 5) is 9.45. The molecule has 0 atom stereocenters. The minimum Gasteiger partial charge on any atom is -0.619 e. The number of pyridine rings is 2. The Hall–Kier alpha value is -3.09. The minimum absolute atomic E-state index is 0.0199. The summed E-state index contributed by atoms with van der Waals surface area (Å²) in [5.74, 6) is -0.676. The van der Waals surface area contributed by atoms with Crippen LogP contribution in [0, 0.1) is 23.8 Å². The van der Waals surface area contributed by atoms with Crippen molar-refractivity contribution in [3.63, 3.8) is 0 Å². The number of aryl methyl sites for hydroxylation is 1. The fourth-order valence-electron chi connectivity index (χ4n) is 4.46. The molecule has 148 valence electrons. The molecule has 1 fully saturated rings. The van der Waals surface area contributed by atoms with Crippen LogP contribution in [0.4, 0.5) is 8.78 Å². The van der Waals surface area contributed by atoms with Crippen LogP contribution >= 0.6 is 0 Å². The van der Waals surface area contributed by atoms with Crippen molar-refractivity contribution in [1.82, 2.24) is 14.5 Å². The van der Waals surface area contributed by atoms with Crippen LogP contribution in [0.25, 0.3) is 21.9 Å². The van der Waals surface area contributed by atoms with Gasteiger partial charge >= 0.3 is 0 Å². The number of hydrogen-bond donors (Lipinski definition) is 0. The molecule has 3 heterocycles. The van der Waals surface area contributed by atoms with E-state index in [2.05, 4.69) is 4.98 Å². The van der Waals surface area contributed by atoms with Gasteiger partial charge in [-0.2, -0.15) is 4.73 Å². The van der Waals surface area contributed by atoms with E-state index in [1.807, 2.05) is 17.6 Å². The van der Waals surface area contributed by atoms with Gasteiger partial charge in [0.05, 0.1) is 11.9 Å². The van der Waals surface area contributed by atoms with Crippen molar-refractivity contribution in [3.05, 3.63) is 70.6 Å². The first-order chi connectivity index (χ1) is 14.0. The molecule has 7 heteroatoms. The molecule has 1 aromatic carbocycles. The van der Waals surface area contributed by atoms with Crippen molar-refractivity contribution in [3.8, 4) is 0 Å². The fraction of sp³-hybridized carbons (Fsp3) is 0.318. The Morgan fingerprint density at radius 3 is 2.72 bits per heavy atom. The number of halogens is 2. The predicted molar refractivity (Wildman–Crippen MR) is 105 cm³/mol. The molecule has 1 saturated carbocycles. The molecule has 0 amide bonds. The van der Waals surface area contributed by atoms with Gasteiger partial charge in [0.1, 0.15) is 11.3 Å². The van der Waals surface area contributed by atoms with Crippen molar-refractivity contribution in [2.75, 3.05) is 0 Å².